The van der Waals surface area contributed by atoms with Gasteiger partial charge in [-0.15, -0.1) is 0 Å². The third-order valence-electron chi connectivity index (χ3n) is 24.4. The Bertz CT molecular complexity index is 7180. The van der Waals surface area contributed by atoms with E-state index in [0.717, 1.165) is 117 Å². The molecule has 2 aromatic heterocycles. The van der Waals surface area contributed by atoms with Gasteiger partial charge in [0.2, 0.25) is 0 Å². The fourth-order valence-corrected chi connectivity index (χ4v) is 17.9. The molecule has 15 aromatic carbocycles. The molecule has 0 spiro atoms. The molecule has 0 radical (unpaired) electrons. The highest BCUT2D eigenvalue weighted by atomic mass is 15.2. The highest BCUT2D eigenvalue weighted by Gasteiger charge is 2.47. The van der Waals surface area contributed by atoms with Crippen molar-refractivity contribution >= 4 is 118 Å². The summed E-state index contributed by atoms with van der Waals surface area (Å²) in [6, 6.07) is 73.3. The molecule has 120 heavy (non-hydrogen) atoms. The summed E-state index contributed by atoms with van der Waals surface area (Å²) in [6.45, 7) is 39.2. The van der Waals surface area contributed by atoms with Gasteiger partial charge in [0.05, 0.1) is 61.1 Å². The van der Waals surface area contributed by atoms with Crippen molar-refractivity contribution < 1.29 is 21.9 Å². The molecule has 0 saturated heterocycles. The average molecular weight is 1580 g/mol. The van der Waals surface area contributed by atoms with E-state index in [0.29, 0.717) is 39.8 Å². The van der Waals surface area contributed by atoms with Crippen LogP contribution in [-0.4, -0.2) is 15.8 Å². The van der Waals surface area contributed by atoms with E-state index in [4.69, 9.17) is 0 Å². The lowest BCUT2D eigenvalue weighted by Crippen LogP contribution is -2.61. The van der Waals surface area contributed by atoms with Gasteiger partial charge in [0.25, 0.3) is 6.71 Å². The van der Waals surface area contributed by atoms with E-state index >= 15 is 0 Å². The number of hydrogen-bond acceptors (Lipinski definition) is 3. The molecule has 0 unspecified atom stereocenters. The Hall–Kier alpha value is -12.6. The van der Waals surface area contributed by atoms with Crippen molar-refractivity contribution in [3.8, 4) is 55.9 Å². The van der Waals surface area contributed by atoms with Crippen LogP contribution in [0.1, 0.15) is 180 Å². The third-order valence-corrected chi connectivity index (χ3v) is 24.4. The molecule has 19 rings (SSSR count). The predicted octanol–water partition coefficient (Wildman–Crippen LogP) is 29.9. The van der Waals surface area contributed by atoms with Gasteiger partial charge in [0, 0.05) is 89.3 Å². The number of benzene rings is 15. The Kier molecular flexibility index (Phi) is 14.5. The van der Waals surface area contributed by atoms with Crippen LogP contribution < -0.4 is 31.1 Å². The van der Waals surface area contributed by atoms with E-state index in [-0.39, 0.29) is 65.3 Å². The number of para-hydroxylation sites is 6. The molecule has 0 fully saturated rings. The highest BCUT2D eigenvalue weighted by molar-refractivity contribution is 7.00. The molecule has 592 valence electrons. The van der Waals surface area contributed by atoms with E-state index in [2.05, 4.69) is 309 Å². The first-order chi connectivity index (χ1) is 64.0. The van der Waals surface area contributed by atoms with E-state index in [1.165, 1.54) is 0 Å². The molecule has 5 nitrogen and oxygen atoms in total. The Morgan fingerprint density at radius 2 is 0.542 bits per heavy atom. The van der Waals surface area contributed by atoms with E-state index in [1.54, 1.807) is 9.13 Å². The van der Waals surface area contributed by atoms with Crippen molar-refractivity contribution in [2.24, 2.45) is 0 Å². The quantitative estimate of drug-likeness (QED) is 0.120. The molecule has 17 aromatic rings. The summed E-state index contributed by atoms with van der Waals surface area (Å²) in [4.78, 5) is 7.07. The second-order valence-corrected chi connectivity index (χ2v) is 38.7. The van der Waals surface area contributed by atoms with Crippen LogP contribution in [0.2, 0.25) is 0 Å². The summed E-state index contributed by atoms with van der Waals surface area (Å²) in [5, 5.41) is -0.334. The van der Waals surface area contributed by atoms with Crippen LogP contribution in [0.5, 0.6) is 0 Å². The summed E-state index contributed by atoms with van der Waals surface area (Å²) in [6.07, 6.45) is 0. The molecular formula is C114H108BN5. The highest BCUT2D eigenvalue weighted by Crippen LogP contribution is 2.57. The second-order valence-electron chi connectivity index (χ2n) is 38.7. The Balaban J connectivity index is 1.10. The van der Waals surface area contributed by atoms with Crippen molar-refractivity contribution in [3.05, 3.63) is 361 Å². The first-order valence-corrected chi connectivity index (χ1v) is 41.8. The minimum Gasteiger partial charge on any atom is -0.310 e. The lowest BCUT2D eigenvalue weighted by molar-refractivity contribution is 0.589. The maximum Gasteiger partial charge on any atom is 0.252 e. The fraction of sp³-hybridized carbons (Fsp3) is 0.211. The predicted molar refractivity (Wildman–Crippen MR) is 518 cm³/mol. The van der Waals surface area contributed by atoms with Gasteiger partial charge in [-0.2, -0.15) is 0 Å². The zero-order chi connectivity index (χ0) is 97.4. The number of fused-ring (bicyclic) bond motifs is 10. The van der Waals surface area contributed by atoms with Crippen LogP contribution in [-0.2, 0) is 32.5 Å². The Morgan fingerprint density at radius 3 is 0.825 bits per heavy atom. The number of nitrogens with zero attached hydrogens (tertiary/aromatic N) is 5. The number of rotatable bonds is 11. The monoisotopic (exact) mass is 1570 g/mol. The van der Waals surface area contributed by atoms with Gasteiger partial charge in [-0.05, 0) is 214 Å². The van der Waals surface area contributed by atoms with Gasteiger partial charge in [-0.1, -0.05) is 343 Å². The summed E-state index contributed by atoms with van der Waals surface area (Å²) in [7, 11) is 0. The maximum absolute atomic E-state index is 10.1. The molecular weight excluding hydrogens is 1450 g/mol. The first kappa shape index (κ1) is 60.8. The second kappa shape index (κ2) is 28.6. The molecule has 6 heteroatoms. The number of hydrogen-bond donors (Lipinski definition) is 0. The summed E-state index contributed by atoms with van der Waals surface area (Å²) < 4.78 is 158. The molecule has 0 aliphatic carbocycles. The lowest BCUT2D eigenvalue weighted by atomic mass is 9.33. The number of anilines is 9. The zero-order valence-electron chi connectivity index (χ0n) is 87.8. The Labute approximate surface area is 733 Å². The third kappa shape index (κ3) is 13.3. The largest absolute Gasteiger partial charge is 0.310 e. The van der Waals surface area contributed by atoms with E-state index in [9.17, 15) is 21.9 Å². The summed E-state index contributed by atoms with van der Waals surface area (Å²) in [5.41, 5.74) is 19.8. The smallest absolute Gasteiger partial charge is 0.252 e. The SMILES string of the molecule is [2H]c1c([2H])c([2H])c2c(c1[2H])c1c([2H])c([2H])c([2H])c([2H])c1n2-c1ccc2c(c1)N(c1c(-c3cccc(C(C)(C)C)c3)cc(C(C)(C)C)cc1-c1cccc(C(C)(C)C)c1)c1cc(N(c3ccccc3)c3ccccc3)cc3c1B2c1ccc(-n2c4c([2H])c([2H])c([2H])c([2H])c4c4c([2H])c([2H])c([2H])c([2H])c42)cc1N3c1c(-c2cccc(C(C)(C)C)c2)cc(C(C)(C)C)cc1-c1cccc(C(C)(C)C)c1. The molecule has 0 atom stereocenters. The van der Waals surface area contributed by atoms with Gasteiger partial charge in [-0.25, -0.2) is 0 Å². The van der Waals surface area contributed by atoms with Crippen molar-refractivity contribution in [1.82, 2.24) is 9.13 Å². The van der Waals surface area contributed by atoms with Crippen molar-refractivity contribution in [3.63, 3.8) is 0 Å². The van der Waals surface area contributed by atoms with Gasteiger partial charge in [0.15, 0.2) is 0 Å². The minimum atomic E-state index is -0.870. The molecule has 0 N–H and O–H groups in total. The summed E-state index contributed by atoms with van der Waals surface area (Å²) >= 11 is 0. The fourth-order valence-electron chi connectivity index (χ4n) is 17.9. The van der Waals surface area contributed by atoms with Gasteiger partial charge >= 0.3 is 0 Å². The summed E-state index contributed by atoms with van der Waals surface area (Å²) in [5.74, 6) is 0. The van der Waals surface area contributed by atoms with Crippen LogP contribution in [0.4, 0.5) is 51.2 Å². The first-order valence-electron chi connectivity index (χ1n) is 49.8. The zero-order valence-corrected chi connectivity index (χ0v) is 71.8. The van der Waals surface area contributed by atoms with Crippen LogP contribution in [0.25, 0.3) is 99.5 Å². The Morgan fingerprint density at radius 1 is 0.258 bits per heavy atom. The van der Waals surface area contributed by atoms with Gasteiger partial charge in [-0.3, -0.25) is 0 Å². The normalized spacial score (nSPS) is 15.1. The molecule has 0 amide bonds. The van der Waals surface area contributed by atoms with E-state index in [1.807, 2.05) is 60.7 Å². The van der Waals surface area contributed by atoms with Crippen molar-refractivity contribution in [1.29, 1.82) is 0 Å². The van der Waals surface area contributed by atoms with E-state index < -0.39 is 114 Å². The van der Waals surface area contributed by atoms with Crippen LogP contribution in [0.3, 0.4) is 0 Å². The molecule has 2 aliphatic rings. The average Bonchev–Trinajstić information content (AvgIpc) is 0.978. The molecule has 0 saturated carbocycles. The van der Waals surface area contributed by atoms with Gasteiger partial charge < -0.3 is 23.8 Å². The molecule has 0 bridgehead atoms. The van der Waals surface area contributed by atoms with Crippen LogP contribution >= 0.6 is 0 Å². The lowest BCUT2D eigenvalue weighted by Gasteiger charge is -2.47. The molecule has 2 aliphatic heterocycles. The van der Waals surface area contributed by atoms with Crippen LogP contribution in [0.15, 0.2) is 327 Å². The van der Waals surface area contributed by atoms with Gasteiger partial charge in [0.1, 0.15) is 0 Å². The van der Waals surface area contributed by atoms with Crippen LogP contribution in [0, 0.1) is 0 Å². The van der Waals surface area contributed by atoms with Crippen molar-refractivity contribution in [2.75, 3.05) is 14.7 Å². The standard InChI is InChI=1S/C114H108BN5/c1-109(2,3)77-41-33-37-73(61-77)92-65-81(113(13,14)15)66-93(74-38-34-42-78(62-74)110(4,5)6)107(92)119-102-69-85(117-98-53-29-25-49-88(98)89-50-26-30-54-99(89)117)57-59-96(102)115-97-60-58-86(118-100-55-31-27-51-90(100)91-52-28-32-56-101(91)118)70-103(97)120(105-72-87(71-104(119)106(105)115)116(83-45-21-19-22-46-83)84-47-23-20-24-48-84)108-94(75-39-35-43-79(63-75)111(7,8)9)67-82(114(16,17)18)68-95(108)76-40-36-44-80(64-76)112(10,11)12/h19-72H,1-18H3/i25D,26D,27D,28D,29D,30D,31D,32D,49D,50D,51D,52D,53D,54D,55D,56D. The van der Waals surface area contributed by atoms with Crippen molar-refractivity contribution in [2.45, 2.75) is 157 Å². The topological polar surface area (TPSA) is 19.6 Å². The minimum absolute atomic E-state index is 0.0633. The maximum atomic E-state index is 10.1. The number of aromatic nitrogens is 2. The molecule has 4 heterocycles.